The smallest absolute Gasteiger partial charge is 0.262 e. The minimum atomic E-state index is -0.162. The van der Waals surface area contributed by atoms with E-state index in [-0.39, 0.29) is 17.5 Å². The predicted octanol–water partition coefficient (Wildman–Crippen LogP) is 2.23. The Morgan fingerprint density at radius 3 is 2.88 bits per heavy atom. The van der Waals surface area contributed by atoms with Crippen LogP contribution in [-0.4, -0.2) is 35.2 Å². The van der Waals surface area contributed by atoms with E-state index in [0.717, 1.165) is 12.8 Å². The van der Waals surface area contributed by atoms with Gasteiger partial charge in [0.25, 0.3) is 11.5 Å². The molecule has 0 unspecified atom stereocenters. The second-order valence-electron chi connectivity index (χ2n) is 6.11. The Morgan fingerprint density at radius 1 is 1.50 bits per heavy atom. The Bertz CT molecular complexity index is 883. The SMILES string of the molecule is CCn1c(=S)[nH]c2cc(C(=O)N[C@@H](COC)C3CC3)ccc2c1=O. The summed E-state index contributed by atoms with van der Waals surface area (Å²) in [5.41, 5.74) is 0.944. The van der Waals surface area contributed by atoms with Crippen molar-refractivity contribution in [2.75, 3.05) is 13.7 Å². The summed E-state index contributed by atoms with van der Waals surface area (Å²) in [5.74, 6) is 0.335. The number of amides is 1. The van der Waals surface area contributed by atoms with Gasteiger partial charge in [-0.1, -0.05) is 0 Å². The normalized spacial score (nSPS) is 15.4. The summed E-state index contributed by atoms with van der Waals surface area (Å²) >= 11 is 5.21. The van der Waals surface area contributed by atoms with Crippen LogP contribution in [0.2, 0.25) is 0 Å². The molecule has 128 valence electrons. The standard InChI is InChI=1S/C17H21N3O3S/c1-3-20-16(22)12-7-6-11(8-13(12)19-17(20)24)15(21)18-14(9-23-2)10-4-5-10/h6-8,10,14H,3-5,9H2,1-2H3,(H,18,21)(H,19,24)/t14-/m0/s1. The molecule has 1 amide bonds. The van der Waals surface area contributed by atoms with Gasteiger partial charge in [0.2, 0.25) is 0 Å². The first-order valence-electron chi connectivity index (χ1n) is 8.11. The average molecular weight is 347 g/mol. The van der Waals surface area contributed by atoms with Gasteiger partial charge in [0.15, 0.2) is 4.77 Å². The molecule has 0 saturated heterocycles. The molecule has 1 aliphatic carbocycles. The van der Waals surface area contributed by atoms with Crippen LogP contribution in [0.1, 0.15) is 30.1 Å². The molecule has 1 aliphatic rings. The van der Waals surface area contributed by atoms with Crippen molar-refractivity contribution in [2.24, 2.45) is 5.92 Å². The van der Waals surface area contributed by atoms with Gasteiger partial charge in [-0.15, -0.1) is 0 Å². The molecule has 7 heteroatoms. The third-order valence-electron chi connectivity index (χ3n) is 4.41. The highest BCUT2D eigenvalue weighted by Gasteiger charge is 2.32. The van der Waals surface area contributed by atoms with Crippen molar-refractivity contribution in [3.63, 3.8) is 0 Å². The Labute approximate surface area is 144 Å². The maximum atomic E-state index is 12.5. The summed E-state index contributed by atoms with van der Waals surface area (Å²) in [6.45, 7) is 2.88. The molecule has 0 spiro atoms. The number of methoxy groups -OCH3 is 1. The number of aromatic nitrogens is 2. The predicted molar refractivity (Wildman–Crippen MR) is 94.9 cm³/mol. The molecule has 1 aromatic heterocycles. The summed E-state index contributed by atoms with van der Waals surface area (Å²) in [7, 11) is 1.64. The van der Waals surface area contributed by atoms with Crippen LogP contribution in [0.3, 0.4) is 0 Å². The number of hydrogen-bond acceptors (Lipinski definition) is 4. The van der Waals surface area contributed by atoms with Crippen LogP contribution >= 0.6 is 12.2 Å². The zero-order valence-electron chi connectivity index (χ0n) is 13.8. The maximum Gasteiger partial charge on any atom is 0.262 e. The van der Waals surface area contributed by atoms with Gasteiger partial charge in [0.1, 0.15) is 0 Å². The highest BCUT2D eigenvalue weighted by molar-refractivity contribution is 7.71. The number of fused-ring (bicyclic) bond motifs is 1. The molecule has 1 saturated carbocycles. The molecule has 0 aliphatic heterocycles. The van der Waals surface area contributed by atoms with Crippen molar-refractivity contribution in [1.82, 2.24) is 14.9 Å². The molecule has 1 fully saturated rings. The Kier molecular flexibility index (Phi) is 4.82. The van der Waals surface area contributed by atoms with Gasteiger partial charge in [0.05, 0.1) is 23.6 Å². The van der Waals surface area contributed by atoms with Crippen molar-refractivity contribution in [2.45, 2.75) is 32.4 Å². The van der Waals surface area contributed by atoms with Gasteiger partial charge in [-0.3, -0.25) is 14.2 Å². The second-order valence-corrected chi connectivity index (χ2v) is 6.50. The van der Waals surface area contributed by atoms with Gasteiger partial charge < -0.3 is 15.0 Å². The molecule has 2 N–H and O–H groups in total. The highest BCUT2D eigenvalue weighted by atomic mass is 32.1. The lowest BCUT2D eigenvalue weighted by Crippen LogP contribution is -2.39. The van der Waals surface area contributed by atoms with Crippen molar-refractivity contribution in [3.8, 4) is 0 Å². The Hall–Kier alpha value is -1.99. The van der Waals surface area contributed by atoms with Crippen LogP contribution in [0.15, 0.2) is 23.0 Å². The van der Waals surface area contributed by atoms with E-state index in [2.05, 4.69) is 10.3 Å². The molecule has 6 nitrogen and oxygen atoms in total. The number of carbonyl (C=O) groups excluding carboxylic acids is 1. The van der Waals surface area contributed by atoms with Crippen molar-refractivity contribution >= 4 is 29.0 Å². The summed E-state index contributed by atoms with van der Waals surface area (Å²) in [4.78, 5) is 27.9. The first-order chi connectivity index (χ1) is 11.5. The van der Waals surface area contributed by atoms with E-state index in [1.807, 2.05) is 6.92 Å². The lowest BCUT2D eigenvalue weighted by molar-refractivity contribution is 0.0884. The van der Waals surface area contributed by atoms with Crippen LogP contribution < -0.4 is 10.9 Å². The van der Waals surface area contributed by atoms with Gasteiger partial charge in [-0.25, -0.2) is 0 Å². The van der Waals surface area contributed by atoms with E-state index < -0.39 is 0 Å². The number of aromatic amines is 1. The number of H-pyrrole nitrogens is 1. The van der Waals surface area contributed by atoms with E-state index >= 15 is 0 Å². The van der Waals surface area contributed by atoms with Crippen LogP contribution in [0, 0.1) is 10.7 Å². The van der Waals surface area contributed by atoms with Crippen LogP contribution in [0.5, 0.6) is 0 Å². The molecular weight excluding hydrogens is 326 g/mol. The Balaban J connectivity index is 1.91. The van der Waals surface area contributed by atoms with E-state index in [4.69, 9.17) is 17.0 Å². The number of benzene rings is 1. The summed E-state index contributed by atoms with van der Waals surface area (Å²) in [6.07, 6.45) is 2.24. The second kappa shape index (κ2) is 6.86. The highest BCUT2D eigenvalue weighted by Crippen LogP contribution is 2.32. The van der Waals surface area contributed by atoms with Crippen molar-refractivity contribution in [1.29, 1.82) is 0 Å². The van der Waals surface area contributed by atoms with E-state index in [0.29, 0.717) is 40.3 Å². The first-order valence-corrected chi connectivity index (χ1v) is 8.52. The van der Waals surface area contributed by atoms with Gasteiger partial charge in [0, 0.05) is 19.2 Å². The van der Waals surface area contributed by atoms with E-state index in [9.17, 15) is 9.59 Å². The number of hydrogen-bond donors (Lipinski definition) is 2. The summed E-state index contributed by atoms with van der Waals surface area (Å²) in [5, 5.41) is 3.55. The zero-order valence-corrected chi connectivity index (χ0v) is 14.6. The topological polar surface area (TPSA) is 76.1 Å². The minimum Gasteiger partial charge on any atom is -0.383 e. The van der Waals surface area contributed by atoms with Crippen LogP contribution in [0.25, 0.3) is 10.9 Å². The monoisotopic (exact) mass is 347 g/mol. The maximum absolute atomic E-state index is 12.5. The molecule has 1 heterocycles. The number of rotatable bonds is 6. The fraction of sp³-hybridized carbons (Fsp3) is 0.471. The third-order valence-corrected chi connectivity index (χ3v) is 4.74. The van der Waals surface area contributed by atoms with Gasteiger partial charge >= 0.3 is 0 Å². The molecule has 0 bridgehead atoms. The average Bonchev–Trinajstić information content (AvgIpc) is 3.39. The summed E-state index contributed by atoms with van der Waals surface area (Å²) in [6, 6.07) is 5.06. The zero-order chi connectivity index (χ0) is 17.3. The third kappa shape index (κ3) is 3.27. The molecular formula is C17H21N3O3S. The summed E-state index contributed by atoms with van der Waals surface area (Å²) < 4.78 is 7.05. The number of nitrogens with one attached hydrogen (secondary N) is 2. The van der Waals surface area contributed by atoms with E-state index in [1.165, 1.54) is 4.57 Å². The molecule has 1 atom stereocenters. The molecule has 2 aromatic rings. The largest absolute Gasteiger partial charge is 0.383 e. The van der Waals surface area contributed by atoms with Crippen molar-refractivity contribution in [3.05, 3.63) is 38.9 Å². The number of nitrogens with zero attached hydrogens (tertiary/aromatic N) is 1. The fourth-order valence-corrected chi connectivity index (χ4v) is 3.23. The number of carbonyl (C=O) groups is 1. The quantitative estimate of drug-likeness (QED) is 0.786. The molecule has 24 heavy (non-hydrogen) atoms. The van der Waals surface area contributed by atoms with Crippen LogP contribution in [0.4, 0.5) is 0 Å². The molecule has 3 rings (SSSR count). The van der Waals surface area contributed by atoms with Gasteiger partial charge in [-0.05, 0) is 56.1 Å². The van der Waals surface area contributed by atoms with E-state index in [1.54, 1.807) is 25.3 Å². The van der Waals surface area contributed by atoms with Crippen LogP contribution in [-0.2, 0) is 11.3 Å². The molecule has 0 radical (unpaired) electrons. The minimum absolute atomic E-state index is 0.0322. The molecule has 1 aromatic carbocycles. The first kappa shape index (κ1) is 16.9. The lowest BCUT2D eigenvalue weighted by Gasteiger charge is -2.17. The lowest BCUT2D eigenvalue weighted by atomic mass is 10.1. The van der Waals surface area contributed by atoms with Crippen molar-refractivity contribution < 1.29 is 9.53 Å². The fourth-order valence-electron chi connectivity index (χ4n) is 2.91. The Morgan fingerprint density at radius 2 is 2.25 bits per heavy atom. The van der Waals surface area contributed by atoms with Gasteiger partial charge in [-0.2, -0.15) is 0 Å². The number of ether oxygens (including phenoxy) is 1.